The maximum absolute atomic E-state index is 4.71. The van der Waals surface area contributed by atoms with Gasteiger partial charge >= 0.3 is 0 Å². The van der Waals surface area contributed by atoms with Gasteiger partial charge in [0.25, 0.3) is 0 Å². The maximum atomic E-state index is 4.71. The van der Waals surface area contributed by atoms with Crippen LogP contribution in [0, 0.1) is 0 Å². The van der Waals surface area contributed by atoms with Gasteiger partial charge in [0.05, 0.1) is 46.9 Å². The number of hydrogen-bond acceptors (Lipinski definition) is 6. The summed E-state index contributed by atoms with van der Waals surface area (Å²) in [7, 11) is 0. The molecule has 1 saturated heterocycles. The predicted molar refractivity (Wildman–Crippen MR) is 145 cm³/mol. The first-order chi connectivity index (χ1) is 16.5. The molecule has 10 heteroatoms. The second-order valence-corrected chi connectivity index (χ2v) is 11.5. The Morgan fingerprint density at radius 3 is 0.824 bits per heavy atom. The van der Waals surface area contributed by atoms with Crippen molar-refractivity contribution in [2.75, 3.05) is 0 Å². The molecule has 1 aliphatic rings. The monoisotopic (exact) mass is 706 g/mol. The number of nitrogens with zero attached hydrogens (tertiary/aromatic N) is 4. The molecule has 6 nitrogen and oxygen atoms in total. The molecule has 2 N–H and O–H groups in total. The van der Waals surface area contributed by atoms with Crippen LogP contribution in [0.2, 0.25) is 0 Å². The Balaban J connectivity index is 1.61. The number of hydrogen-bond donors (Lipinski definition) is 2. The summed E-state index contributed by atoms with van der Waals surface area (Å²) in [6.45, 7) is 0. The standard InChI is InChI=1S/C24H18Br4N6/c25-13-1-5-17(29-9-13)21-22(18-6-2-14(26)10-30-18)34-24(20-8-4-16(28)12-32-20)23(33-21)19-7-3-15(27)11-31-19/h1-12,21-24,33-34H/t21-,22-,23+,24+. The number of halogens is 4. The van der Waals surface area contributed by atoms with Gasteiger partial charge in [-0.05, 0) is 112 Å². The summed E-state index contributed by atoms with van der Waals surface area (Å²) in [4.78, 5) is 18.8. The van der Waals surface area contributed by atoms with E-state index in [0.29, 0.717) is 0 Å². The average molecular weight is 710 g/mol. The maximum Gasteiger partial charge on any atom is 0.0714 e. The second-order valence-electron chi connectivity index (χ2n) is 7.85. The molecule has 0 unspecified atom stereocenters. The number of aromatic nitrogens is 4. The molecule has 0 aliphatic carbocycles. The van der Waals surface area contributed by atoms with E-state index in [1.54, 1.807) is 0 Å². The van der Waals surface area contributed by atoms with Crippen LogP contribution in [0.5, 0.6) is 0 Å². The Morgan fingerprint density at radius 2 is 0.647 bits per heavy atom. The summed E-state index contributed by atoms with van der Waals surface area (Å²) in [5.74, 6) is 0. The summed E-state index contributed by atoms with van der Waals surface area (Å²) in [6, 6.07) is 15.5. The van der Waals surface area contributed by atoms with Crippen LogP contribution in [0.15, 0.2) is 91.2 Å². The van der Waals surface area contributed by atoms with Gasteiger partial charge in [0.2, 0.25) is 0 Å². The van der Waals surface area contributed by atoms with Crippen LogP contribution >= 0.6 is 63.7 Å². The van der Waals surface area contributed by atoms with E-state index in [9.17, 15) is 0 Å². The number of nitrogens with one attached hydrogen (secondary N) is 2. The van der Waals surface area contributed by atoms with E-state index in [4.69, 9.17) is 19.9 Å². The first kappa shape index (κ1) is 24.1. The minimum absolute atomic E-state index is 0.149. The van der Waals surface area contributed by atoms with Gasteiger partial charge < -0.3 is 0 Å². The van der Waals surface area contributed by atoms with E-state index in [0.717, 1.165) is 40.7 Å². The molecule has 34 heavy (non-hydrogen) atoms. The fourth-order valence-electron chi connectivity index (χ4n) is 4.08. The largest absolute Gasteiger partial charge is 0.297 e. The van der Waals surface area contributed by atoms with Crippen LogP contribution in [0.4, 0.5) is 0 Å². The lowest BCUT2D eigenvalue weighted by atomic mass is 9.88. The van der Waals surface area contributed by atoms with E-state index in [-0.39, 0.29) is 24.2 Å². The fraction of sp³-hybridized carbons (Fsp3) is 0.167. The highest BCUT2D eigenvalue weighted by Gasteiger charge is 2.41. The molecule has 0 aromatic carbocycles. The van der Waals surface area contributed by atoms with Gasteiger partial charge in [-0.15, -0.1) is 0 Å². The molecule has 5 heterocycles. The lowest BCUT2D eigenvalue weighted by molar-refractivity contribution is 0.200. The smallest absolute Gasteiger partial charge is 0.0714 e. The third kappa shape index (κ3) is 5.32. The minimum atomic E-state index is -0.149. The van der Waals surface area contributed by atoms with Crippen molar-refractivity contribution in [3.63, 3.8) is 0 Å². The molecule has 0 amide bonds. The van der Waals surface area contributed by atoms with E-state index in [2.05, 4.69) is 74.4 Å². The van der Waals surface area contributed by atoms with Crippen LogP contribution in [0.25, 0.3) is 0 Å². The van der Waals surface area contributed by atoms with Crippen LogP contribution in [-0.2, 0) is 0 Å². The van der Waals surface area contributed by atoms with E-state index < -0.39 is 0 Å². The fourth-order valence-corrected chi connectivity index (χ4v) is 5.02. The zero-order chi connectivity index (χ0) is 23.7. The predicted octanol–water partition coefficient (Wildman–Crippen LogP) is 6.77. The van der Waals surface area contributed by atoms with Gasteiger partial charge in [0.1, 0.15) is 0 Å². The summed E-state index contributed by atoms with van der Waals surface area (Å²) in [6.07, 6.45) is 7.27. The molecule has 172 valence electrons. The Morgan fingerprint density at radius 1 is 0.412 bits per heavy atom. The molecule has 0 saturated carbocycles. The van der Waals surface area contributed by atoms with Crippen molar-refractivity contribution < 1.29 is 0 Å². The van der Waals surface area contributed by atoms with Crippen molar-refractivity contribution in [1.29, 1.82) is 0 Å². The Hall–Kier alpha value is -1.56. The number of rotatable bonds is 4. The summed E-state index contributed by atoms with van der Waals surface area (Å²) < 4.78 is 3.73. The van der Waals surface area contributed by atoms with Crippen LogP contribution < -0.4 is 10.6 Å². The topological polar surface area (TPSA) is 75.6 Å². The van der Waals surface area contributed by atoms with Crippen LogP contribution in [0.3, 0.4) is 0 Å². The SMILES string of the molecule is Brc1ccc([C@H]2N[C@@H](c3ccc(Br)cn3)[C@H](c3ccc(Br)cn3)N[C@@H]2c2ccc(Br)cn2)nc1. The van der Waals surface area contributed by atoms with Gasteiger partial charge in [-0.25, -0.2) is 0 Å². The Bertz CT molecular complexity index is 1050. The Kier molecular flexibility index (Phi) is 7.52. The molecular weight excluding hydrogens is 692 g/mol. The van der Waals surface area contributed by atoms with Gasteiger partial charge in [-0.1, -0.05) is 0 Å². The highest BCUT2D eigenvalue weighted by Crippen LogP contribution is 2.41. The quantitative estimate of drug-likeness (QED) is 0.244. The third-order valence-electron chi connectivity index (χ3n) is 5.66. The van der Waals surface area contributed by atoms with Crippen molar-refractivity contribution in [2.45, 2.75) is 24.2 Å². The average Bonchev–Trinajstić information content (AvgIpc) is 2.85. The van der Waals surface area contributed by atoms with Crippen molar-refractivity contribution in [2.24, 2.45) is 0 Å². The van der Waals surface area contributed by atoms with Crippen molar-refractivity contribution in [3.05, 3.63) is 114 Å². The highest BCUT2D eigenvalue weighted by molar-refractivity contribution is 9.11. The molecule has 0 bridgehead atoms. The minimum Gasteiger partial charge on any atom is -0.297 e. The molecule has 4 atom stereocenters. The van der Waals surface area contributed by atoms with Crippen molar-refractivity contribution in [1.82, 2.24) is 30.6 Å². The second kappa shape index (κ2) is 10.6. The molecule has 1 aliphatic heterocycles. The first-order valence-corrected chi connectivity index (χ1v) is 13.6. The first-order valence-electron chi connectivity index (χ1n) is 10.5. The van der Waals surface area contributed by atoms with E-state index in [1.165, 1.54) is 0 Å². The molecule has 0 spiro atoms. The zero-order valence-electron chi connectivity index (χ0n) is 17.5. The third-order valence-corrected chi connectivity index (χ3v) is 7.54. The number of pyridine rings is 4. The lowest BCUT2D eigenvalue weighted by Gasteiger charge is -2.43. The van der Waals surface area contributed by atoms with Gasteiger partial charge in [0.15, 0.2) is 0 Å². The molecule has 4 aromatic rings. The van der Waals surface area contributed by atoms with Crippen LogP contribution in [0.1, 0.15) is 46.9 Å². The van der Waals surface area contributed by atoms with Crippen molar-refractivity contribution in [3.8, 4) is 0 Å². The normalized spacial score (nSPS) is 22.5. The van der Waals surface area contributed by atoms with Gasteiger partial charge in [-0.2, -0.15) is 0 Å². The lowest BCUT2D eigenvalue weighted by Crippen LogP contribution is -2.50. The van der Waals surface area contributed by atoms with E-state index in [1.807, 2.05) is 73.3 Å². The van der Waals surface area contributed by atoms with Gasteiger partial charge in [0, 0.05) is 42.7 Å². The summed E-state index contributed by atoms with van der Waals surface area (Å²) >= 11 is 14.0. The highest BCUT2D eigenvalue weighted by atomic mass is 79.9. The molecule has 0 radical (unpaired) electrons. The molecule has 1 fully saturated rings. The molecule has 4 aromatic heterocycles. The van der Waals surface area contributed by atoms with Crippen LogP contribution in [-0.4, -0.2) is 19.9 Å². The zero-order valence-corrected chi connectivity index (χ0v) is 23.9. The molecule has 5 rings (SSSR count). The molecular formula is C24H18Br4N6. The van der Waals surface area contributed by atoms with Crippen molar-refractivity contribution >= 4 is 63.7 Å². The Labute approximate surface area is 231 Å². The number of piperazine rings is 1. The summed E-state index contributed by atoms with van der Waals surface area (Å²) in [5, 5.41) is 7.66. The van der Waals surface area contributed by atoms with E-state index >= 15 is 0 Å². The summed E-state index contributed by atoms with van der Waals surface area (Å²) in [5.41, 5.74) is 3.65. The van der Waals surface area contributed by atoms with Gasteiger partial charge in [-0.3, -0.25) is 30.6 Å².